The highest BCUT2D eigenvalue weighted by molar-refractivity contribution is 5.85. The number of primary amides is 1. The Balaban J connectivity index is 1.97. The van der Waals surface area contributed by atoms with Crippen molar-refractivity contribution in [3.63, 3.8) is 0 Å². The molecule has 20 heavy (non-hydrogen) atoms. The summed E-state index contributed by atoms with van der Waals surface area (Å²) in [7, 11) is 0. The van der Waals surface area contributed by atoms with Crippen LogP contribution in [0.15, 0.2) is 0 Å². The maximum Gasteiger partial charge on any atom is 0.240 e. The third-order valence-corrected chi connectivity index (χ3v) is 4.96. The average molecular weight is 282 g/mol. The molecule has 0 bridgehead atoms. The van der Waals surface area contributed by atoms with Crippen molar-refractivity contribution in [3.05, 3.63) is 0 Å². The molecule has 116 valence electrons. The third kappa shape index (κ3) is 3.53. The highest BCUT2D eigenvalue weighted by Crippen LogP contribution is 2.40. The van der Waals surface area contributed by atoms with E-state index in [-0.39, 0.29) is 5.91 Å². The van der Waals surface area contributed by atoms with Gasteiger partial charge in [-0.15, -0.1) is 0 Å². The first kappa shape index (κ1) is 15.8. The Hall–Kier alpha value is -0.610. The Morgan fingerprint density at radius 2 is 2.00 bits per heavy atom. The van der Waals surface area contributed by atoms with Crippen LogP contribution in [0.5, 0.6) is 0 Å². The molecule has 3 N–H and O–H groups in total. The van der Waals surface area contributed by atoms with Crippen molar-refractivity contribution in [2.75, 3.05) is 13.2 Å². The molecule has 0 aliphatic heterocycles. The number of hydrogen-bond acceptors (Lipinski definition) is 3. The lowest BCUT2D eigenvalue weighted by atomic mass is 9.87. The molecular formula is C16H30N2O2. The summed E-state index contributed by atoms with van der Waals surface area (Å²) in [5.41, 5.74) is 5.09. The first-order valence-electron chi connectivity index (χ1n) is 8.26. The highest BCUT2D eigenvalue weighted by Gasteiger charge is 2.50. The molecule has 0 aromatic rings. The molecule has 2 fully saturated rings. The van der Waals surface area contributed by atoms with Gasteiger partial charge in [-0.3, -0.25) is 4.79 Å². The molecule has 2 saturated carbocycles. The minimum absolute atomic E-state index is 0.239. The predicted octanol–water partition coefficient (Wildman–Crippen LogP) is 2.22. The first-order valence-corrected chi connectivity index (χ1v) is 8.26. The van der Waals surface area contributed by atoms with E-state index in [9.17, 15) is 4.79 Å². The summed E-state index contributed by atoms with van der Waals surface area (Å²) in [6.07, 6.45) is 8.37. The van der Waals surface area contributed by atoms with E-state index in [0.29, 0.717) is 24.5 Å². The van der Waals surface area contributed by atoms with Crippen LogP contribution in [-0.4, -0.2) is 30.7 Å². The van der Waals surface area contributed by atoms with Crippen molar-refractivity contribution in [1.29, 1.82) is 0 Å². The Labute approximate surface area is 122 Å². The van der Waals surface area contributed by atoms with E-state index in [4.69, 9.17) is 10.5 Å². The molecule has 4 nitrogen and oxygen atoms in total. The number of carbonyl (C=O) groups is 1. The average Bonchev–Trinajstić information content (AvgIpc) is 3.25. The zero-order valence-electron chi connectivity index (χ0n) is 13.0. The number of hydrogen-bond donors (Lipinski definition) is 2. The monoisotopic (exact) mass is 282 g/mol. The molecular weight excluding hydrogens is 252 g/mol. The Morgan fingerprint density at radius 1 is 1.30 bits per heavy atom. The van der Waals surface area contributed by atoms with Gasteiger partial charge in [-0.2, -0.15) is 0 Å². The number of rotatable bonds is 8. The van der Waals surface area contributed by atoms with Crippen molar-refractivity contribution in [2.45, 2.75) is 70.4 Å². The van der Waals surface area contributed by atoms with Crippen LogP contribution < -0.4 is 11.1 Å². The Bertz CT molecular complexity index is 330. The molecule has 2 aliphatic rings. The lowest BCUT2D eigenvalue weighted by Crippen LogP contribution is -2.61. The van der Waals surface area contributed by atoms with Crippen molar-refractivity contribution in [2.24, 2.45) is 17.6 Å². The minimum atomic E-state index is -0.632. The molecule has 4 heteroatoms. The van der Waals surface area contributed by atoms with Crippen LogP contribution in [-0.2, 0) is 9.53 Å². The maximum absolute atomic E-state index is 12.0. The van der Waals surface area contributed by atoms with Crippen LogP contribution in [0.1, 0.15) is 58.8 Å². The van der Waals surface area contributed by atoms with Gasteiger partial charge in [-0.25, -0.2) is 0 Å². The smallest absolute Gasteiger partial charge is 0.240 e. The van der Waals surface area contributed by atoms with Gasteiger partial charge < -0.3 is 15.8 Å². The lowest BCUT2D eigenvalue weighted by molar-refractivity contribution is -0.131. The molecule has 1 amide bonds. The van der Waals surface area contributed by atoms with E-state index in [1.807, 2.05) is 0 Å². The SMILES string of the molecule is CCCNC(COC1CCCCC1C)(C(N)=O)C1CC1. The van der Waals surface area contributed by atoms with Gasteiger partial charge in [0.1, 0.15) is 5.54 Å². The summed E-state index contributed by atoms with van der Waals surface area (Å²) in [6.45, 7) is 5.63. The zero-order chi connectivity index (χ0) is 14.6. The molecule has 3 atom stereocenters. The lowest BCUT2D eigenvalue weighted by Gasteiger charge is -2.36. The van der Waals surface area contributed by atoms with Crippen molar-refractivity contribution in [3.8, 4) is 0 Å². The fourth-order valence-corrected chi connectivity index (χ4v) is 3.37. The molecule has 2 aliphatic carbocycles. The van der Waals surface area contributed by atoms with Gasteiger partial charge in [0.25, 0.3) is 0 Å². The van der Waals surface area contributed by atoms with Crippen LogP contribution in [0.4, 0.5) is 0 Å². The number of carbonyl (C=O) groups excluding carboxylic acids is 1. The summed E-state index contributed by atoms with van der Waals surface area (Å²) in [6, 6.07) is 0. The molecule has 0 spiro atoms. The normalized spacial score (nSPS) is 29.9. The largest absolute Gasteiger partial charge is 0.375 e. The van der Waals surface area contributed by atoms with Crippen molar-refractivity contribution >= 4 is 5.91 Å². The van der Waals surface area contributed by atoms with Crippen LogP contribution in [0, 0.1) is 11.8 Å². The van der Waals surface area contributed by atoms with Gasteiger partial charge in [0.05, 0.1) is 12.7 Å². The molecule has 0 saturated heterocycles. The second-order valence-corrected chi connectivity index (χ2v) is 6.65. The van der Waals surface area contributed by atoms with Crippen LogP contribution >= 0.6 is 0 Å². The van der Waals surface area contributed by atoms with E-state index in [1.165, 1.54) is 19.3 Å². The summed E-state index contributed by atoms with van der Waals surface area (Å²) >= 11 is 0. The van der Waals surface area contributed by atoms with Gasteiger partial charge in [0.15, 0.2) is 0 Å². The molecule has 0 aromatic heterocycles. The molecule has 2 rings (SSSR count). The Kier molecular flexibility index (Phi) is 5.44. The topological polar surface area (TPSA) is 64.3 Å². The van der Waals surface area contributed by atoms with Crippen LogP contribution in [0.2, 0.25) is 0 Å². The van der Waals surface area contributed by atoms with E-state index in [2.05, 4.69) is 19.2 Å². The van der Waals surface area contributed by atoms with Crippen molar-refractivity contribution < 1.29 is 9.53 Å². The summed E-state index contributed by atoms with van der Waals surface area (Å²) in [4.78, 5) is 12.0. The van der Waals surface area contributed by atoms with E-state index >= 15 is 0 Å². The van der Waals surface area contributed by atoms with Crippen molar-refractivity contribution in [1.82, 2.24) is 5.32 Å². The fourth-order valence-electron chi connectivity index (χ4n) is 3.37. The van der Waals surface area contributed by atoms with E-state index in [1.54, 1.807) is 0 Å². The summed E-state index contributed by atoms with van der Waals surface area (Å²) in [5, 5.41) is 3.40. The van der Waals surface area contributed by atoms with Gasteiger partial charge >= 0.3 is 0 Å². The van der Waals surface area contributed by atoms with E-state index < -0.39 is 5.54 Å². The maximum atomic E-state index is 12.0. The first-order chi connectivity index (χ1) is 9.60. The highest BCUT2D eigenvalue weighted by atomic mass is 16.5. The molecule has 0 heterocycles. The molecule has 0 aromatic carbocycles. The molecule has 3 unspecified atom stereocenters. The van der Waals surface area contributed by atoms with Gasteiger partial charge in [0.2, 0.25) is 5.91 Å². The molecule has 0 radical (unpaired) electrons. The Morgan fingerprint density at radius 3 is 2.55 bits per heavy atom. The number of ether oxygens (including phenoxy) is 1. The van der Waals surface area contributed by atoms with Gasteiger partial charge in [-0.05, 0) is 50.5 Å². The number of amides is 1. The quantitative estimate of drug-likeness (QED) is 0.717. The number of nitrogens with one attached hydrogen (secondary N) is 1. The summed E-state index contributed by atoms with van der Waals surface area (Å²) < 4.78 is 6.16. The van der Waals surface area contributed by atoms with Gasteiger partial charge in [0, 0.05) is 0 Å². The number of nitrogens with two attached hydrogens (primary N) is 1. The fraction of sp³-hybridized carbons (Fsp3) is 0.938. The second kappa shape index (κ2) is 6.90. The van der Waals surface area contributed by atoms with Crippen LogP contribution in [0.25, 0.3) is 0 Å². The standard InChI is InChI=1S/C16H30N2O2/c1-3-10-18-16(15(17)19,13-8-9-13)11-20-14-7-5-4-6-12(14)2/h12-14,18H,3-11H2,1-2H3,(H2,17,19). The minimum Gasteiger partial charge on any atom is -0.375 e. The third-order valence-electron chi connectivity index (χ3n) is 4.96. The zero-order valence-corrected chi connectivity index (χ0v) is 13.0. The van der Waals surface area contributed by atoms with Gasteiger partial charge in [-0.1, -0.05) is 26.7 Å². The van der Waals surface area contributed by atoms with Crippen LogP contribution in [0.3, 0.4) is 0 Å². The summed E-state index contributed by atoms with van der Waals surface area (Å²) in [5.74, 6) is 0.724. The van der Waals surface area contributed by atoms with E-state index in [0.717, 1.165) is 32.2 Å². The second-order valence-electron chi connectivity index (χ2n) is 6.65. The predicted molar refractivity (Wildman–Crippen MR) is 80.3 cm³/mol.